The lowest BCUT2D eigenvalue weighted by Gasteiger charge is -2.50. The van der Waals surface area contributed by atoms with E-state index in [2.05, 4.69) is 9.88 Å². The van der Waals surface area contributed by atoms with Crippen molar-refractivity contribution >= 4 is 15.9 Å². The van der Waals surface area contributed by atoms with Gasteiger partial charge in [-0.15, -0.1) is 0 Å². The maximum Gasteiger partial charge on any atom is 0.276 e. The first-order valence-electron chi connectivity index (χ1n) is 7.60. The van der Waals surface area contributed by atoms with E-state index in [1.54, 1.807) is 17.9 Å². The number of sulfonamides is 1. The summed E-state index contributed by atoms with van der Waals surface area (Å²) in [6.45, 7) is 3.81. The molecule has 2 aliphatic rings. The van der Waals surface area contributed by atoms with E-state index in [9.17, 15) is 13.2 Å². The number of carbonyl (C=O) groups is 1. The molecule has 1 spiro atoms. The number of ether oxygens (including phenoxy) is 1. The highest BCUT2D eigenvalue weighted by atomic mass is 32.2. The van der Waals surface area contributed by atoms with Crippen molar-refractivity contribution in [2.75, 3.05) is 32.5 Å². The maximum absolute atomic E-state index is 12.3. The van der Waals surface area contributed by atoms with Crippen molar-refractivity contribution in [3.05, 3.63) is 17.5 Å². The molecule has 2 fully saturated rings. The summed E-state index contributed by atoms with van der Waals surface area (Å²) in [5.41, 5.74) is -0.0289. The molecule has 1 N–H and O–H groups in total. The number of likely N-dealkylation sites (tertiary alicyclic amines) is 1. The highest BCUT2D eigenvalue weighted by Crippen LogP contribution is 2.41. The van der Waals surface area contributed by atoms with Gasteiger partial charge in [0.2, 0.25) is 10.0 Å². The van der Waals surface area contributed by atoms with Gasteiger partial charge in [0.15, 0.2) is 5.69 Å². The van der Waals surface area contributed by atoms with Crippen LogP contribution in [-0.2, 0) is 14.8 Å². The van der Waals surface area contributed by atoms with Gasteiger partial charge in [-0.05, 0) is 25.7 Å². The third-order valence-electron chi connectivity index (χ3n) is 4.51. The Labute approximate surface area is 135 Å². The van der Waals surface area contributed by atoms with Crippen molar-refractivity contribution in [2.24, 2.45) is 5.92 Å². The summed E-state index contributed by atoms with van der Waals surface area (Å²) < 4.78 is 35.6. The standard InChI is InChI=1S/C14H21N3O5S/c1-10-7-12(16-22-10)13(18)17-8-14(9-17)11(4-6-21-14)3-5-15-23(2,19)20/h7,11,15H,3-6,8-9H2,1-2H3/t11-/m1/s1. The third-order valence-corrected chi connectivity index (χ3v) is 5.24. The largest absolute Gasteiger partial charge is 0.371 e. The smallest absolute Gasteiger partial charge is 0.276 e. The predicted octanol–water partition coefficient (Wildman–Crippen LogP) is 0.153. The van der Waals surface area contributed by atoms with Crippen LogP contribution in [0, 0.1) is 12.8 Å². The van der Waals surface area contributed by atoms with Crippen LogP contribution in [0.5, 0.6) is 0 Å². The molecule has 2 saturated heterocycles. The van der Waals surface area contributed by atoms with Crippen LogP contribution >= 0.6 is 0 Å². The average Bonchev–Trinajstić information content (AvgIpc) is 3.01. The first-order chi connectivity index (χ1) is 10.8. The summed E-state index contributed by atoms with van der Waals surface area (Å²) in [7, 11) is -3.17. The van der Waals surface area contributed by atoms with Crippen molar-refractivity contribution in [1.29, 1.82) is 0 Å². The summed E-state index contributed by atoms with van der Waals surface area (Å²) in [5.74, 6) is 0.696. The number of nitrogens with one attached hydrogen (secondary N) is 1. The van der Waals surface area contributed by atoms with Crippen LogP contribution in [0.15, 0.2) is 10.6 Å². The van der Waals surface area contributed by atoms with Gasteiger partial charge in [-0.1, -0.05) is 5.16 Å². The summed E-state index contributed by atoms with van der Waals surface area (Å²) in [4.78, 5) is 14.0. The van der Waals surface area contributed by atoms with E-state index >= 15 is 0 Å². The van der Waals surface area contributed by atoms with Crippen molar-refractivity contribution < 1.29 is 22.5 Å². The Balaban J connectivity index is 1.56. The molecule has 0 aliphatic carbocycles. The summed E-state index contributed by atoms with van der Waals surface area (Å²) in [5, 5.41) is 3.75. The second-order valence-electron chi connectivity index (χ2n) is 6.34. The fourth-order valence-electron chi connectivity index (χ4n) is 3.33. The van der Waals surface area contributed by atoms with Crippen LogP contribution in [0.2, 0.25) is 0 Å². The molecule has 1 aromatic rings. The number of aromatic nitrogens is 1. The maximum atomic E-state index is 12.3. The minimum Gasteiger partial charge on any atom is -0.371 e. The van der Waals surface area contributed by atoms with Gasteiger partial charge in [0.1, 0.15) is 11.4 Å². The Hall–Kier alpha value is -1.45. The topological polar surface area (TPSA) is 102 Å². The van der Waals surface area contributed by atoms with Crippen LogP contribution in [0.1, 0.15) is 29.1 Å². The zero-order valence-corrected chi connectivity index (χ0v) is 14.1. The molecule has 23 heavy (non-hydrogen) atoms. The van der Waals surface area contributed by atoms with Crippen molar-refractivity contribution in [2.45, 2.75) is 25.4 Å². The van der Waals surface area contributed by atoms with Gasteiger partial charge in [-0.2, -0.15) is 0 Å². The second kappa shape index (κ2) is 5.88. The zero-order chi connectivity index (χ0) is 16.7. The molecule has 1 amide bonds. The number of rotatable bonds is 5. The fourth-order valence-corrected chi connectivity index (χ4v) is 3.82. The second-order valence-corrected chi connectivity index (χ2v) is 8.17. The lowest BCUT2D eigenvalue weighted by molar-refractivity contribution is -0.118. The van der Waals surface area contributed by atoms with E-state index in [4.69, 9.17) is 9.26 Å². The molecular formula is C14H21N3O5S. The number of aryl methyl sites for hydroxylation is 1. The highest BCUT2D eigenvalue weighted by molar-refractivity contribution is 7.88. The monoisotopic (exact) mass is 343 g/mol. The predicted molar refractivity (Wildman–Crippen MR) is 81.4 cm³/mol. The highest BCUT2D eigenvalue weighted by Gasteiger charge is 2.54. The zero-order valence-electron chi connectivity index (χ0n) is 13.2. The molecule has 0 aromatic carbocycles. The molecule has 1 aromatic heterocycles. The first kappa shape index (κ1) is 16.4. The van der Waals surface area contributed by atoms with Crippen molar-refractivity contribution in [3.63, 3.8) is 0 Å². The quantitative estimate of drug-likeness (QED) is 0.817. The van der Waals surface area contributed by atoms with E-state index in [0.717, 1.165) is 12.7 Å². The number of nitrogens with zero attached hydrogens (tertiary/aromatic N) is 2. The van der Waals surface area contributed by atoms with Gasteiger partial charge in [0, 0.05) is 19.2 Å². The molecule has 0 bridgehead atoms. The first-order valence-corrected chi connectivity index (χ1v) is 9.49. The molecule has 0 unspecified atom stereocenters. The molecule has 3 heterocycles. The molecule has 128 valence electrons. The fraction of sp³-hybridized carbons (Fsp3) is 0.714. The Kier molecular flexibility index (Phi) is 4.19. The molecular weight excluding hydrogens is 322 g/mol. The van der Waals surface area contributed by atoms with E-state index in [1.807, 2.05) is 0 Å². The summed E-state index contributed by atoms with van der Waals surface area (Å²) >= 11 is 0. The van der Waals surface area contributed by atoms with Gasteiger partial charge in [0.05, 0.1) is 19.3 Å². The van der Waals surface area contributed by atoms with E-state index < -0.39 is 10.0 Å². The third kappa shape index (κ3) is 3.41. The van der Waals surface area contributed by atoms with Crippen LogP contribution in [0.4, 0.5) is 0 Å². The van der Waals surface area contributed by atoms with Gasteiger partial charge in [0.25, 0.3) is 5.91 Å². The lowest BCUT2D eigenvalue weighted by atomic mass is 9.79. The Bertz CT molecular complexity index is 693. The number of carbonyl (C=O) groups excluding carboxylic acids is 1. The Morgan fingerprint density at radius 3 is 2.87 bits per heavy atom. The van der Waals surface area contributed by atoms with E-state index in [1.165, 1.54) is 0 Å². The molecule has 1 atom stereocenters. The van der Waals surface area contributed by atoms with Crippen LogP contribution < -0.4 is 4.72 Å². The van der Waals surface area contributed by atoms with E-state index in [-0.39, 0.29) is 17.4 Å². The van der Waals surface area contributed by atoms with Gasteiger partial charge < -0.3 is 14.2 Å². The molecule has 2 aliphatic heterocycles. The normalized spacial score (nSPS) is 23.2. The van der Waals surface area contributed by atoms with Crippen LogP contribution in [-0.4, -0.2) is 62.5 Å². The van der Waals surface area contributed by atoms with Crippen molar-refractivity contribution in [1.82, 2.24) is 14.8 Å². The molecule has 8 nitrogen and oxygen atoms in total. The number of hydrogen-bond acceptors (Lipinski definition) is 6. The van der Waals surface area contributed by atoms with Crippen LogP contribution in [0.25, 0.3) is 0 Å². The summed E-state index contributed by atoms with van der Waals surface area (Å²) in [6, 6.07) is 1.62. The van der Waals surface area contributed by atoms with Gasteiger partial charge in [-0.3, -0.25) is 4.79 Å². The number of amides is 1. The van der Waals surface area contributed by atoms with Gasteiger partial charge >= 0.3 is 0 Å². The molecule has 0 saturated carbocycles. The average molecular weight is 343 g/mol. The molecule has 0 radical (unpaired) electrons. The molecule has 3 rings (SSSR count). The number of hydrogen-bond donors (Lipinski definition) is 1. The van der Waals surface area contributed by atoms with Gasteiger partial charge in [-0.25, -0.2) is 13.1 Å². The molecule has 9 heteroatoms. The summed E-state index contributed by atoms with van der Waals surface area (Å²) in [6.07, 6.45) is 2.74. The Morgan fingerprint density at radius 1 is 1.52 bits per heavy atom. The lowest BCUT2D eigenvalue weighted by Crippen LogP contribution is -2.66. The minimum absolute atomic E-state index is 0.156. The van der Waals surface area contributed by atoms with Crippen molar-refractivity contribution in [3.8, 4) is 0 Å². The van der Waals surface area contributed by atoms with E-state index in [0.29, 0.717) is 44.1 Å². The minimum atomic E-state index is -3.17. The SMILES string of the molecule is Cc1cc(C(=O)N2CC3(C2)OCC[C@H]3CCNS(C)(=O)=O)no1. The Morgan fingerprint density at radius 2 is 2.26 bits per heavy atom. The van der Waals surface area contributed by atoms with Crippen LogP contribution in [0.3, 0.4) is 0 Å².